The fourth-order valence-electron chi connectivity index (χ4n) is 2.92. The lowest BCUT2D eigenvalue weighted by molar-refractivity contribution is -0.0931. The van der Waals surface area contributed by atoms with E-state index in [0.717, 1.165) is 5.56 Å². The van der Waals surface area contributed by atoms with Crippen molar-refractivity contribution in [3.05, 3.63) is 46.7 Å². The Morgan fingerprint density at radius 3 is 2.92 bits per heavy atom. The minimum atomic E-state index is -0.582. The summed E-state index contributed by atoms with van der Waals surface area (Å²) in [5.41, 5.74) is 0.866. The third-order valence-corrected chi connectivity index (χ3v) is 4.51. The Bertz CT molecular complexity index is 761. The highest BCUT2D eigenvalue weighted by molar-refractivity contribution is 6.30. The zero-order chi connectivity index (χ0) is 17.3. The van der Waals surface area contributed by atoms with Crippen LogP contribution in [0.25, 0.3) is 0 Å². The lowest BCUT2D eigenvalue weighted by atomic mass is 9.96. The van der Waals surface area contributed by atoms with Crippen LogP contribution in [-0.4, -0.2) is 47.4 Å². The quantitative estimate of drug-likeness (QED) is 0.854. The standard InChI is InChI=1S/C17H20ClN3O3/c1-17(12-9-19-20(2)10-12)11-21(6-7-24-17)16(22)14-5-4-13(18)8-15(14)23-3/h4-5,8-10H,6-7,11H2,1-3H3/t17-/m0/s1. The van der Waals surface area contributed by atoms with Gasteiger partial charge in [0.2, 0.25) is 0 Å². The van der Waals surface area contributed by atoms with E-state index >= 15 is 0 Å². The SMILES string of the molecule is COc1cc(Cl)ccc1C(=O)N1CCO[C@](C)(c2cnn(C)c2)C1. The van der Waals surface area contributed by atoms with Gasteiger partial charge in [-0.15, -0.1) is 0 Å². The van der Waals surface area contributed by atoms with E-state index in [1.54, 1.807) is 34.0 Å². The van der Waals surface area contributed by atoms with Crippen LogP contribution >= 0.6 is 11.6 Å². The Morgan fingerprint density at radius 1 is 1.46 bits per heavy atom. The number of hydrogen-bond acceptors (Lipinski definition) is 4. The highest BCUT2D eigenvalue weighted by Gasteiger charge is 2.37. The normalized spacial score (nSPS) is 20.9. The summed E-state index contributed by atoms with van der Waals surface area (Å²) in [6, 6.07) is 5.04. The van der Waals surface area contributed by atoms with Crippen molar-refractivity contribution in [2.75, 3.05) is 26.8 Å². The Labute approximate surface area is 145 Å². The van der Waals surface area contributed by atoms with Crippen LogP contribution < -0.4 is 4.74 Å². The van der Waals surface area contributed by atoms with Gasteiger partial charge >= 0.3 is 0 Å². The molecule has 2 aromatic rings. The number of carbonyl (C=O) groups is 1. The van der Waals surface area contributed by atoms with Crippen molar-refractivity contribution in [3.8, 4) is 5.75 Å². The zero-order valence-electron chi connectivity index (χ0n) is 14.0. The summed E-state index contributed by atoms with van der Waals surface area (Å²) in [5, 5.41) is 4.73. The summed E-state index contributed by atoms with van der Waals surface area (Å²) in [5.74, 6) is 0.379. The lowest BCUT2D eigenvalue weighted by Crippen LogP contribution is -2.50. The van der Waals surface area contributed by atoms with Gasteiger partial charge in [-0.1, -0.05) is 11.6 Å². The highest BCUT2D eigenvalue weighted by Crippen LogP contribution is 2.31. The molecule has 1 aliphatic heterocycles. The lowest BCUT2D eigenvalue weighted by Gasteiger charge is -2.40. The number of benzene rings is 1. The largest absolute Gasteiger partial charge is 0.496 e. The van der Waals surface area contributed by atoms with Crippen LogP contribution in [0.3, 0.4) is 0 Å². The minimum absolute atomic E-state index is 0.0954. The van der Waals surface area contributed by atoms with Crippen molar-refractivity contribution >= 4 is 17.5 Å². The molecule has 0 spiro atoms. The van der Waals surface area contributed by atoms with Crippen molar-refractivity contribution < 1.29 is 14.3 Å². The van der Waals surface area contributed by atoms with Gasteiger partial charge in [0, 0.05) is 30.4 Å². The predicted molar refractivity (Wildman–Crippen MR) is 90.4 cm³/mol. The van der Waals surface area contributed by atoms with Crippen molar-refractivity contribution in [2.24, 2.45) is 7.05 Å². The van der Waals surface area contributed by atoms with E-state index in [1.165, 1.54) is 7.11 Å². The van der Waals surface area contributed by atoms with Crippen LogP contribution in [-0.2, 0) is 17.4 Å². The molecule has 3 rings (SSSR count). The van der Waals surface area contributed by atoms with E-state index in [-0.39, 0.29) is 5.91 Å². The van der Waals surface area contributed by atoms with E-state index in [2.05, 4.69) is 5.10 Å². The number of aromatic nitrogens is 2. The molecule has 1 aromatic heterocycles. The number of halogens is 1. The van der Waals surface area contributed by atoms with Crippen LogP contribution in [0, 0.1) is 0 Å². The van der Waals surface area contributed by atoms with Gasteiger partial charge in [-0.05, 0) is 25.1 Å². The van der Waals surface area contributed by atoms with E-state index in [0.29, 0.717) is 36.0 Å². The fourth-order valence-corrected chi connectivity index (χ4v) is 3.09. The van der Waals surface area contributed by atoms with Crippen LogP contribution in [0.4, 0.5) is 0 Å². The predicted octanol–water partition coefficient (Wildman–Crippen LogP) is 2.47. The summed E-state index contributed by atoms with van der Waals surface area (Å²) in [6.07, 6.45) is 3.69. The van der Waals surface area contributed by atoms with Crippen molar-refractivity contribution in [1.82, 2.24) is 14.7 Å². The second kappa shape index (κ2) is 6.45. The molecule has 0 bridgehead atoms. The number of carbonyl (C=O) groups excluding carboxylic acids is 1. The molecular formula is C17H20ClN3O3. The number of amides is 1. The molecule has 0 aliphatic carbocycles. The molecule has 2 heterocycles. The van der Waals surface area contributed by atoms with E-state index in [4.69, 9.17) is 21.1 Å². The van der Waals surface area contributed by atoms with E-state index in [9.17, 15) is 4.79 Å². The number of hydrogen-bond donors (Lipinski definition) is 0. The summed E-state index contributed by atoms with van der Waals surface area (Å²) >= 11 is 5.98. The number of nitrogens with zero attached hydrogens (tertiary/aromatic N) is 3. The van der Waals surface area contributed by atoms with Crippen molar-refractivity contribution in [2.45, 2.75) is 12.5 Å². The Hall–Kier alpha value is -2.05. The minimum Gasteiger partial charge on any atom is -0.496 e. The first kappa shape index (κ1) is 16.8. The number of morpholine rings is 1. The maximum atomic E-state index is 12.9. The second-order valence-electron chi connectivity index (χ2n) is 6.05. The summed E-state index contributed by atoms with van der Waals surface area (Å²) < 4.78 is 13.0. The number of aryl methyl sites for hydroxylation is 1. The molecule has 1 amide bonds. The smallest absolute Gasteiger partial charge is 0.257 e. The van der Waals surface area contributed by atoms with Gasteiger partial charge in [-0.2, -0.15) is 5.10 Å². The number of methoxy groups -OCH3 is 1. The average molecular weight is 350 g/mol. The Morgan fingerprint density at radius 2 is 2.25 bits per heavy atom. The third kappa shape index (κ3) is 3.12. The first-order valence-electron chi connectivity index (χ1n) is 7.69. The first-order chi connectivity index (χ1) is 11.4. The zero-order valence-corrected chi connectivity index (χ0v) is 14.7. The van der Waals surface area contributed by atoms with Gasteiger partial charge < -0.3 is 14.4 Å². The van der Waals surface area contributed by atoms with Gasteiger partial charge in [-0.3, -0.25) is 9.48 Å². The maximum Gasteiger partial charge on any atom is 0.257 e. The van der Waals surface area contributed by atoms with Crippen LogP contribution in [0.15, 0.2) is 30.6 Å². The molecule has 6 nitrogen and oxygen atoms in total. The van der Waals surface area contributed by atoms with Crippen molar-refractivity contribution in [3.63, 3.8) is 0 Å². The summed E-state index contributed by atoms with van der Waals surface area (Å²) in [4.78, 5) is 14.7. The molecule has 0 saturated carbocycles. The van der Waals surface area contributed by atoms with Crippen molar-refractivity contribution in [1.29, 1.82) is 0 Å². The van der Waals surface area contributed by atoms with E-state index in [1.807, 2.05) is 20.2 Å². The number of ether oxygens (including phenoxy) is 2. The molecular weight excluding hydrogens is 330 g/mol. The van der Waals surface area contributed by atoms with Crippen LogP contribution in [0.1, 0.15) is 22.8 Å². The molecule has 24 heavy (non-hydrogen) atoms. The van der Waals surface area contributed by atoms with Gasteiger partial charge in [0.1, 0.15) is 11.4 Å². The molecule has 1 fully saturated rings. The second-order valence-corrected chi connectivity index (χ2v) is 6.49. The van der Waals surface area contributed by atoms with Gasteiger partial charge in [0.15, 0.2) is 0 Å². The van der Waals surface area contributed by atoms with Gasteiger partial charge in [0.25, 0.3) is 5.91 Å². The van der Waals surface area contributed by atoms with E-state index < -0.39 is 5.60 Å². The molecule has 0 N–H and O–H groups in total. The molecule has 128 valence electrons. The van der Waals surface area contributed by atoms with Crippen LogP contribution in [0.5, 0.6) is 5.75 Å². The Balaban J connectivity index is 1.86. The summed E-state index contributed by atoms with van der Waals surface area (Å²) in [6.45, 7) is 3.42. The fraction of sp³-hybridized carbons (Fsp3) is 0.412. The molecule has 7 heteroatoms. The Kier molecular flexibility index (Phi) is 4.51. The van der Waals surface area contributed by atoms with Crippen LogP contribution in [0.2, 0.25) is 5.02 Å². The molecule has 1 aromatic carbocycles. The molecule has 0 radical (unpaired) electrons. The monoisotopic (exact) mass is 349 g/mol. The van der Waals surface area contributed by atoms with Gasteiger partial charge in [-0.25, -0.2) is 0 Å². The summed E-state index contributed by atoms with van der Waals surface area (Å²) in [7, 11) is 3.39. The molecule has 1 saturated heterocycles. The maximum absolute atomic E-state index is 12.9. The molecule has 1 atom stereocenters. The first-order valence-corrected chi connectivity index (χ1v) is 8.06. The third-order valence-electron chi connectivity index (χ3n) is 4.27. The topological polar surface area (TPSA) is 56.6 Å². The average Bonchev–Trinajstić information content (AvgIpc) is 3.01. The molecule has 0 unspecified atom stereocenters. The highest BCUT2D eigenvalue weighted by atomic mass is 35.5. The van der Waals surface area contributed by atoms with Gasteiger partial charge in [0.05, 0.1) is 32.0 Å². The molecule has 1 aliphatic rings. The number of rotatable bonds is 3.